The van der Waals surface area contributed by atoms with Gasteiger partial charge in [-0.3, -0.25) is 0 Å². The summed E-state index contributed by atoms with van der Waals surface area (Å²) in [5, 5.41) is 0. The Bertz CT molecular complexity index is 312. The first-order valence-electron chi connectivity index (χ1n) is 3.46. The zero-order valence-electron chi connectivity index (χ0n) is 7.60. The van der Waals surface area contributed by atoms with E-state index in [4.69, 9.17) is 0 Å². The first kappa shape index (κ1) is 12.8. The second-order valence-corrected chi connectivity index (χ2v) is 5.84. The van der Waals surface area contributed by atoms with E-state index in [2.05, 4.69) is 0 Å². The molecule has 0 bridgehead atoms. The molecule has 0 heterocycles. The molecular weight excluding hydrogens is 218 g/mol. The van der Waals surface area contributed by atoms with Crippen molar-refractivity contribution in [3.05, 3.63) is 0 Å². The maximum absolute atomic E-state index is 11.1. The van der Waals surface area contributed by atoms with Crippen LogP contribution in [0, 0.1) is 0 Å². The fourth-order valence-electron chi connectivity index (χ4n) is 0.673. The highest BCUT2D eigenvalue weighted by Gasteiger charge is 2.29. The number of rotatable bonds is 5. The summed E-state index contributed by atoms with van der Waals surface area (Å²) in [6, 6.07) is 0. The largest absolute Gasteiger partial charge is 0.293 e. The lowest BCUT2D eigenvalue weighted by atomic mass is 10.8. The summed E-state index contributed by atoms with van der Waals surface area (Å²) in [6.07, 6.45) is 0. The topological polar surface area (TPSA) is 95.6 Å². The van der Waals surface area contributed by atoms with Crippen LogP contribution < -0.4 is 9.44 Å². The zero-order valence-corrected chi connectivity index (χ0v) is 9.24. The summed E-state index contributed by atoms with van der Waals surface area (Å²) in [5.74, 6) is 0. The summed E-state index contributed by atoms with van der Waals surface area (Å²) in [5.41, 5.74) is 0. The molecule has 2 N–H and O–H groups in total. The Morgan fingerprint density at radius 3 is 1.46 bits per heavy atom. The quantitative estimate of drug-likeness (QED) is 0.585. The second-order valence-electron chi connectivity index (χ2n) is 2.01. The third-order valence-corrected chi connectivity index (χ3v) is 5.11. The molecule has 0 rings (SSSR count). The Morgan fingerprint density at radius 1 is 1.00 bits per heavy atom. The Labute approximate surface area is 78.5 Å². The molecule has 0 spiro atoms. The van der Waals surface area contributed by atoms with Gasteiger partial charge in [-0.05, 0) is 0 Å². The van der Waals surface area contributed by atoms with Crippen molar-refractivity contribution in [2.45, 2.75) is 6.92 Å². The number of nitrogens with one attached hydrogen (secondary N) is 2. The van der Waals surface area contributed by atoms with Crippen molar-refractivity contribution in [3.63, 3.8) is 0 Å². The van der Waals surface area contributed by atoms with Gasteiger partial charge in [0.15, 0.2) is 0 Å². The molecule has 0 radical (unpaired) electrons. The zero-order chi connectivity index (χ0) is 10.7. The van der Waals surface area contributed by atoms with Gasteiger partial charge in [0.05, 0.1) is 0 Å². The fraction of sp³-hybridized carbons (Fsp3) is 1.00. The minimum absolute atomic E-state index is 0.160. The predicted molar refractivity (Wildman–Crippen MR) is 48.3 cm³/mol. The molecule has 0 aliphatic rings. The van der Waals surface area contributed by atoms with E-state index >= 15 is 0 Å². The number of hydrogen-bond donors (Lipinski definition) is 2. The molecule has 0 aromatic heterocycles. The third kappa shape index (κ3) is 2.88. The van der Waals surface area contributed by atoms with Crippen molar-refractivity contribution in [2.24, 2.45) is 0 Å². The normalized spacial score (nSPS) is 13.5. The molecule has 9 heteroatoms. The van der Waals surface area contributed by atoms with E-state index < -0.39 is 20.4 Å². The van der Waals surface area contributed by atoms with Crippen LogP contribution in [0.3, 0.4) is 0 Å². The minimum Gasteiger partial charge on any atom is -0.204 e. The Morgan fingerprint density at radius 2 is 1.31 bits per heavy atom. The van der Waals surface area contributed by atoms with Gasteiger partial charge in [0, 0.05) is 20.6 Å². The molecule has 0 aliphatic carbocycles. The van der Waals surface area contributed by atoms with Crippen LogP contribution in [0.1, 0.15) is 6.92 Å². The van der Waals surface area contributed by atoms with Crippen molar-refractivity contribution in [2.75, 3.05) is 20.6 Å². The molecule has 0 unspecified atom stereocenters. The standard InChI is InChI=1S/C4H13N3O4S2/c1-4-7(12(8,9)5-2)13(10,11)6-3/h5-6H,4H2,1-3H3. The van der Waals surface area contributed by atoms with Crippen LogP contribution in [-0.4, -0.2) is 41.2 Å². The summed E-state index contributed by atoms with van der Waals surface area (Å²) < 4.78 is 48.7. The Kier molecular flexibility index (Phi) is 4.26. The number of nitrogens with zero attached hydrogens (tertiary/aromatic N) is 1. The highest BCUT2D eigenvalue weighted by molar-refractivity contribution is 8.02. The third-order valence-electron chi connectivity index (χ3n) is 1.31. The molecule has 0 aromatic carbocycles. The highest BCUT2D eigenvalue weighted by atomic mass is 32.3. The van der Waals surface area contributed by atoms with Crippen molar-refractivity contribution in [1.29, 1.82) is 0 Å². The van der Waals surface area contributed by atoms with Gasteiger partial charge in [-0.1, -0.05) is 10.6 Å². The van der Waals surface area contributed by atoms with E-state index in [0.29, 0.717) is 3.71 Å². The first-order chi connectivity index (χ1) is 5.81. The Balaban J connectivity index is 5.18. The fourth-order valence-corrected chi connectivity index (χ4v) is 3.24. The van der Waals surface area contributed by atoms with Gasteiger partial charge < -0.3 is 0 Å². The highest BCUT2D eigenvalue weighted by Crippen LogP contribution is 2.02. The van der Waals surface area contributed by atoms with Crippen molar-refractivity contribution in [3.8, 4) is 0 Å². The van der Waals surface area contributed by atoms with Crippen molar-refractivity contribution >= 4 is 20.4 Å². The second kappa shape index (κ2) is 4.33. The van der Waals surface area contributed by atoms with Gasteiger partial charge in [0.2, 0.25) is 0 Å². The molecule has 0 atom stereocenters. The molecule has 13 heavy (non-hydrogen) atoms. The Hall–Kier alpha value is -0.220. The monoisotopic (exact) mass is 231 g/mol. The van der Waals surface area contributed by atoms with Gasteiger partial charge >= 0.3 is 0 Å². The van der Waals surface area contributed by atoms with E-state index in [1.165, 1.54) is 6.92 Å². The van der Waals surface area contributed by atoms with E-state index in [0.717, 1.165) is 14.1 Å². The van der Waals surface area contributed by atoms with Crippen LogP contribution in [-0.2, 0) is 20.4 Å². The summed E-state index contributed by atoms with van der Waals surface area (Å²) in [7, 11) is -5.61. The molecule has 0 aromatic rings. The van der Waals surface area contributed by atoms with Crippen LogP contribution in [0.25, 0.3) is 0 Å². The van der Waals surface area contributed by atoms with Gasteiger partial charge in [-0.2, -0.15) is 16.8 Å². The molecule has 0 saturated heterocycles. The molecule has 0 aliphatic heterocycles. The van der Waals surface area contributed by atoms with Crippen molar-refractivity contribution < 1.29 is 16.8 Å². The van der Waals surface area contributed by atoms with Crippen LogP contribution in [0.4, 0.5) is 0 Å². The maximum atomic E-state index is 11.1. The summed E-state index contributed by atoms with van der Waals surface area (Å²) in [6.45, 7) is 1.26. The van der Waals surface area contributed by atoms with Crippen LogP contribution in [0.5, 0.6) is 0 Å². The average Bonchev–Trinajstić information content (AvgIpc) is 2.05. The molecule has 0 fully saturated rings. The predicted octanol–water partition coefficient (Wildman–Crippen LogP) is -1.76. The van der Waals surface area contributed by atoms with Gasteiger partial charge in [-0.15, -0.1) is 0 Å². The van der Waals surface area contributed by atoms with E-state index in [9.17, 15) is 16.8 Å². The molecule has 7 nitrogen and oxygen atoms in total. The van der Waals surface area contributed by atoms with E-state index in [1.807, 2.05) is 9.44 Å². The van der Waals surface area contributed by atoms with Crippen LogP contribution in [0.15, 0.2) is 0 Å². The minimum atomic E-state index is -3.95. The summed E-state index contributed by atoms with van der Waals surface area (Å²) in [4.78, 5) is 0. The smallest absolute Gasteiger partial charge is 0.204 e. The molecule has 80 valence electrons. The van der Waals surface area contributed by atoms with Crippen molar-refractivity contribution in [1.82, 2.24) is 13.2 Å². The molecule has 0 saturated carbocycles. The summed E-state index contributed by atoms with van der Waals surface area (Å²) >= 11 is 0. The lowest BCUT2D eigenvalue weighted by molar-refractivity contribution is 0.495. The van der Waals surface area contributed by atoms with Crippen LogP contribution >= 0.6 is 0 Å². The van der Waals surface area contributed by atoms with E-state index in [-0.39, 0.29) is 6.54 Å². The van der Waals surface area contributed by atoms with Gasteiger partial charge in [0.1, 0.15) is 0 Å². The van der Waals surface area contributed by atoms with Gasteiger partial charge in [0.25, 0.3) is 20.4 Å². The number of hydrogen-bond acceptors (Lipinski definition) is 4. The van der Waals surface area contributed by atoms with Gasteiger partial charge in [-0.25, -0.2) is 9.44 Å². The molecular formula is C4H13N3O4S2. The maximum Gasteiger partial charge on any atom is 0.293 e. The SMILES string of the molecule is CCN(S(=O)(=O)NC)S(=O)(=O)NC. The lowest BCUT2D eigenvalue weighted by Gasteiger charge is -2.18. The molecule has 0 amide bonds. The lowest BCUT2D eigenvalue weighted by Crippen LogP contribution is -2.47. The average molecular weight is 231 g/mol. The van der Waals surface area contributed by atoms with E-state index in [1.54, 1.807) is 0 Å². The first-order valence-corrected chi connectivity index (χ1v) is 6.34. The van der Waals surface area contributed by atoms with Crippen LogP contribution in [0.2, 0.25) is 0 Å².